The highest BCUT2D eigenvalue weighted by molar-refractivity contribution is 5.20. The summed E-state index contributed by atoms with van der Waals surface area (Å²) in [6, 6.07) is 21.6. The third-order valence-electron chi connectivity index (χ3n) is 4.24. The first-order valence-corrected chi connectivity index (χ1v) is 8.13. The fourth-order valence-electron chi connectivity index (χ4n) is 2.77. The molecular formula is C20H27NO2. The summed E-state index contributed by atoms with van der Waals surface area (Å²) in [7, 11) is 3.38. The van der Waals surface area contributed by atoms with Crippen LogP contribution in [-0.2, 0) is 16.0 Å². The molecule has 3 nitrogen and oxygen atoms in total. The van der Waals surface area contributed by atoms with Crippen LogP contribution in [0.15, 0.2) is 60.7 Å². The zero-order valence-electron chi connectivity index (χ0n) is 14.3. The van der Waals surface area contributed by atoms with Gasteiger partial charge in [0.25, 0.3) is 0 Å². The quantitative estimate of drug-likeness (QED) is 0.646. The Labute approximate surface area is 139 Å². The Bertz CT molecular complexity index is 540. The largest absolute Gasteiger partial charge is 0.356 e. The minimum Gasteiger partial charge on any atom is -0.356 e. The van der Waals surface area contributed by atoms with E-state index >= 15 is 0 Å². The van der Waals surface area contributed by atoms with Gasteiger partial charge in [-0.25, -0.2) is 0 Å². The lowest BCUT2D eigenvalue weighted by atomic mass is 10.1. The van der Waals surface area contributed by atoms with Crippen LogP contribution < -0.4 is 0 Å². The van der Waals surface area contributed by atoms with Crippen LogP contribution in [0.3, 0.4) is 0 Å². The first-order valence-electron chi connectivity index (χ1n) is 8.13. The zero-order valence-corrected chi connectivity index (χ0v) is 14.3. The van der Waals surface area contributed by atoms with Gasteiger partial charge in [-0.1, -0.05) is 60.7 Å². The molecule has 0 aliphatic rings. The highest BCUT2D eigenvalue weighted by Gasteiger charge is 2.18. The van der Waals surface area contributed by atoms with E-state index in [1.54, 1.807) is 14.2 Å². The van der Waals surface area contributed by atoms with Gasteiger partial charge in [-0.05, 0) is 18.1 Å². The molecule has 1 atom stereocenters. The summed E-state index contributed by atoms with van der Waals surface area (Å²) < 4.78 is 10.7. The summed E-state index contributed by atoms with van der Waals surface area (Å²) in [4.78, 5) is 2.47. The van der Waals surface area contributed by atoms with Crippen molar-refractivity contribution in [1.82, 2.24) is 4.90 Å². The molecule has 3 heteroatoms. The van der Waals surface area contributed by atoms with Crippen molar-refractivity contribution < 1.29 is 9.47 Å². The van der Waals surface area contributed by atoms with Gasteiger partial charge >= 0.3 is 0 Å². The summed E-state index contributed by atoms with van der Waals surface area (Å²) in [6.07, 6.45) is 0.688. The van der Waals surface area contributed by atoms with Gasteiger partial charge in [0.1, 0.15) is 0 Å². The lowest BCUT2D eigenvalue weighted by Crippen LogP contribution is -2.30. The number of rotatable bonds is 9. The van der Waals surface area contributed by atoms with Gasteiger partial charge in [-0.3, -0.25) is 4.90 Å². The van der Waals surface area contributed by atoms with E-state index < -0.39 is 0 Å². The molecule has 124 valence electrons. The van der Waals surface area contributed by atoms with Crippen LogP contribution in [-0.4, -0.2) is 32.0 Å². The van der Waals surface area contributed by atoms with Crippen LogP contribution in [0.2, 0.25) is 0 Å². The molecule has 0 saturated carbocycles. The second kappa shape index (κ2) is 9.46. The minimum absolute atomic E-state index is 0.156. The van der Waals surface area contributed by atoms with Crippen molar-refractivity contribution in [3.05, 3.63) is 71.8 Å². The van der Waals surface area contributed by atoms with E-state index in [9.17, 15) is 0 Å². The Kier molecular flexibility index (Phi) is 7.27. The second-order valence-electron chi connectivity index (χ2n) is 5.73. The number of hydrogen-bond donors (Lipinski definition) is 0. The molecule has 2 aromatic rings. The molecule has 2 aromatic carbocycles. The van der Waals surface area contributed by atoms with Crippen molar-refractivity contribution in [1.29, 1.82) is 0 Å². The van der Waals surface area contributed by atoms with Crippen LogP contribution in [0.25, 0.3) is 0 Å². The van der Waals surface area contributed by atoms with Crippen molar-refractivity contribution in [2.75, 3.05) is 20.8 Å². The molecule has 2 rings (SSSR count). The molecule has 0 aliphatic carbocycles. The Morgan fingerprint density at radius 3 is 2.00 bits per heavy atom. The minimum atomic E-state index is -0.156. The maximum absolute atomic E-state index is 5.34. The standard InChI is InChI=1S/C20H27NO2/c1-17(19-12-8-5-9-13-19)21(15-14-20(22-2)23-3)16-18-10-6-4-7-11-18/h4-13,17,20H,14-16H2,1-3H3. The molecular weight excluding hydrogens is 286 g/mol. The number of nitrogens with zero attached hydrogens (tertiary/aromatic N) is 1. The maximum atomic E-state index is 5.34. The van der Waals surface area contributed by atoms with Gasteiger partial charge in [0.05, 0.1) is 0 Å². The molecule has 23 heavy (non-hydrogen) atoms. The van der Waals surface area contributed by atoms with Gasteiger partial charge in [-0.2, -0.15) is 0 Å². The number of hydrogen-bond acceptors (Lipinski definition) is 3. The third-order valence-corrected chi connectivity index (χ3v) is 4.24. The van der Waals surface area contributed by atoms with E-state index in [1.165, 1.54) is 11.1 Å². The van der Waals surface area contributed by atoms with E-state index in [4.69, 9.17) is 9.47 Å². The number of ether oxygens (including phenoxy) is 2. The average molecular weight is 313 g/mol. The normalized spacial score (nSPS) is 12.7. The van der Waals surface area contributed by atoms with E-state index in [1.807, 2.05) is 0 Å². The van der Waals surface area contributed by atoms with Crippen LogP contribution in [0.1, 0.15) is 30.5 Å². The fraction of sp³-hybridized carbons (Fsp3) is 0.400. The Morgan fingerprint density at radius 1 is 0.870 bits per heavy atom. The van der Waals surface area contributed by atoms with E-state index in [0.29, 0.717) is 6.04 Å². The molecule has 0 heterocycles. The summed E-state index contributed by atoms with van der Waals surface area (Å²) in [5.41, 5.74) is 2.65. The van der Waals surface area contributed by atoms with E-state index in [0.717, 1.165) is 19.5 Å². The van der Waals surface area contributed by atoms with Crippen molar-refractivity contribution in [3.63, 3.8) is 0 Å². The maximum Gasteiger partial charge on any atom is 0.158 e. The van der Waals surface area contributed by atoms with Crippen LogP contribution in [0.4, 0.5) is 0 Å². The predicted octanol–water partition coefficient (Wildman–Crippen LogP) is 4.26. The molecule has 0 bridgehead atoms. The molecule has 0 radical (unpaired) electrons. The van der Waals surface area contributed by atoms with Crippen LogP contribution >= 0.6 is 0 Å². The third kappa shape index (κ3) is 5.47. The summed E-state index contributed by atoms with van der Waals surface area (Å²) in [5.74, 6) is 0. The van der Waals surface area contributed by atoms with Crippen molar-refractivity contribution in [3.8, 4) is 0 Å². The summed E-state index contributed by atoms with van der Waals surface area (Å²) in [5, 5.41) is 0. The average Bonchev–Trinajstić information content (AvgIpc) is 2.62. The Balaban J connectivity index is 2.10. The van der Waals surface area contributed by atoms with Crippen LogP contribution in [0, 0.1) is 0 Å². The van der Waals surface area contributed by atoms with E-state index in [2.05, 4.69) is 72.5 Å². The smallest absolute Gasteiger partial charge is 0.158 e. The van der Waals surface area contributed by atoms with Crippen molar-refractivity contribution >= 4 is 0 Å². The number of benzene rings is 2. The summed E-state index contributed by atoms with van der Waals surface area (Å²) in [6.45, 7) is 4.08. The molecule has 0 aliphatic heterocycles. The molecule has 0 spiro atoms. The van der Waals surface area contributed by atoms with Gasteiger partial charge in [0, 0.05) is 39.8 Å². The van der Waals surface area contributed by atoms with Crippen molar-refractivity contribution in [2.24, 2.45) is 0 Å². The van der Waals surface area contributed by atoms with Gasteiger partial charge in [0.2, 0.25) is 0 Å². The number of methoxy groups -OCH3 is 2. The Morgan fingerprint density at radius 2 is 1.43 bits per heavy atom. The van der Waals surface area contributed by atoms with Gasteiger partial charge in [-0.15, -0.1) is 0 Å². The molecule has 0 aromatic heterocycles. The van der Waals surface area contributed by atoms with E-state index in [-0.39, 0.29) is 6.29 Å². The highest BCUT2D eigenvalue weighted by atomic mass is 16.7. The molecule has 1 unspecified atom stereocenters. The molecule has 0 fully saturated rings. The molecule has 0 amide bonds. The highest BCUT2D eigenvalue weighted by Crippen LogP contribution is 2.23. The zero-order chi connectivity index (χ0) is 16.5. The second-order valence-corrected chi connectivity index (χ2v) is 5.73. The van der Waals surface area contributed by atoms with Gasteiger partial charge < -0.3 is 9.47 Å². The lowest BCUT2D eigenvalue weighted by Gasteiger charge is -2.30. The van der Waals surface area contributed by atoms with Crippen molar-refractivity contribution in [2.45, 2.75) is 32.2 Å². The Hall–Kier alpha value is -1.68. The van der Waals surface area contributed by atoms with Crippen LogP contribution in [0.5, 0.6) is 0 Å². The monoisotopic (exact) mass is 313 g/mol. The van der Waals surface area contributed by atoms with Gasteiger partial charge in [0.15, 0.2) is 6.29 Å². The molecule has 0 saturated heterocycles. The topological polar surface area (TPSA) is 21.7 Å². The lowest BCUT2D eigenvalue weighted by molar-refractivity contribution is -0.110. The molecule has 0 N–H and O–H groups in total. The first-order chi connectivity index (χ1) is 11.2. The SMILES string of the molecule is COC(CCN(Cc1ccccc1)C(C)c1ccccc1)OC. The first kappa shape index (κ1) is 17.7. The predicted molar refractivity (Wildman–Crippen MR) is 94.1 cm³/mol. The fourth-order valence-corrected chi connectivity index (χ4v) is 2.77. The summed E-state index contributed by atoms with van der Waals surface area (Å²) >= 11 is 0.